The van der Waals surface area contributed by atoms with Crippen LogP contribution >= 0.6 is 0 Å². The molecule has 1 heterocycles. The van der Waals surface area contributed by atoms with E-state index < -0.39 is 23.8 Å². The number of barbiturate groups is 1. The van der Waals surface area contributed by atoms with Gasteiger partial charge in [-0.3, -0.25) is 24.6 Å². The van der Waals surface area contributed by atoms with Gasteiger partial charge in [0.2, 0.25) is 17.7 Å². The highest BCUT2D eigenvalue weighted by Crippen LogP contribution is 2.14. The Kier molecular flexibility index (Phi) is 4.86. The number of nitrogens with zero attached hydrogens (tertiary/aromatic N) is 1. The summed E-state index contributed by atoms with van der Waals surface area (Å²) in [5.41, 5.74) is -0.368. The topological polar surface area (TPSA) is 95.6 Å². The number of urea groups is 1. The lowest BCUT2D eigenvalue weighted by molar-refractivity contribution is -0.142. The van der Waals surface area contributed by atoms with E-state index in [1.54, 1.807) is 6.92 Å². The van der Waals surface area contributed by atoms with Crippen molar-refractivity contribution in [3.8, 4) is 0 Å². The molecule has 1 aliphatic heterocycles. The molecule has 1 atom stereocenters. The van der Waals surface area contributed by atoms with Crippen LogP contribution in [0, 0.1) is 5.92 Å². The van der Waals surface area contributed by atoms with Gasteiger partial charge in [0.15, 0.2) is 0 Å². The molecule has 0 saturated carbocycles. The van der Waals surface area contributed by atoms with E-state index in [0.717, 1.165) is 4.90 Å². The Labute approximate surface area is 118 Å². The zero-order chi connectivity index (χ0) is 15.5. The van der Waals surface area contributed by atoms with Crippen molar-refractivity contribution >= 4 is 23.8 Å². The highest BCUT2D eigenvalue weighted by Gasteiger charge is 2.39. The molecule has 1 saturated heterocycles. The minimum atomic E-state index is -0.849. The Morgan fingerprint density at radius 1 is 1.30 bits per heavy atom. The van der Waals surface area contributed by atoms with Crippen molar-refractivity contribution in [2.24, 2.45) is 5.92 Å². The first kappa shape index (κ1) is 16.1. The third kappa shape index (κ3) is 4.04. The molecule has 0 aromatic heterocycles. The van der Waals surface area contributed by atoms with E-state index >= 15 is 0 Å². The average molecular weight is 283 g/mol. The lowest BCUT2D eigenvalue weighted by atomic mass is 10.0. The molecule has 0 bridgehead atoms. The van der Waals surface area contributed by atoms with Crippen molar-refractivity contribution in [1.29, 1.82) is 0 Å². The Morgan fingerprint density at radius 3 is 2.40 bits per heavy atom. The van der Waals surface area contributed by atoms with E-state index in [1.807, 2.05) is 20.8 Å². The van der Waals surface area contributed by atoms with Gasteiger partial charge in [0.1, 0.15) is 5.92 Å². The molecule has 1 aliphatic rings. The van der Waals surface area contributed by atoms with E-state index in [1.165, 1.54) is 0 Å². The Bertz CT molecular complexity index is 439. The monoisotopic (exact) mass is 283 g/mol. The quantitative estimate of drug-likeness (QED) is 0.730. The maximum Gasteiger partial charge on any atom is 0.330 e. The minimum absolute atomic E-state index is 0.0149. The molecule has 112 valence electrons. The van der Waals surface area contributed by atoms with Gasteiger partial charge in [-0.05, 0) is 27.2 Å². The molecule has 20 heavy (non-hydrogen) atoms. The van der Waals surface area contributed by atoms with Gasteiger partial charge < -0.3 is 5.32 Å². The fourth-order valence-electron chi connectivity index (χ4n) is 1.93. The average Bonchev–Trinajstić information content (AvgIpc) is 2.26. The summed E-state index contributed by atoms with van der Waals surface area (Å²) in [5.74, 6) is -2.20. The summed E-state index contributed by atoms with van der Waals surface area (Å²) in [6.45, 7) is 7.19. The van der Waals surface area contributed by atoms with Crippen LogP contribution in [0.2, 0.25) is 0 Å². The van der Waals surface area contributed by atoms with Crippen molar-refractivity contribution in [2.45, 2.75) is 46.1 Å². The fourth-order valence-corrected chi connectivity index (χ4v) is 1.93. The number of carbonyl (C=O) groups is 4. The molecule has 2 N–H and O–H groups in total. The maximum absolute atomic E-state index is 12.0. The van der Waals surface area contributed by atoms with Gasteiger partial charge in [0.05, 0.1) is 0 Å². The molecule has 0 radical (unpaired) electrons. The standard InChI is InChI=1S/C13H21N3O4/c1-5-8-10(18)14-12(20)16(11(8)19)7-6-9(17)15-13(2,3)4/h8H,5-7H2,1-4H3,(H,15,17)(H,14,18,20). The lowest BCUT2D eigenvalue weighted by Gasteiger charge is -2.29. The maximum atomic E-state index is 12.0. The van der Waals surface area contributed by atoms with Gasteiger partial charge in [-0.25, -0.2) is 4.79 Å². The molecular weight excluding hydrogens is 262 g/mol. The van der Waals surface area contributed by atoms with E-state index in [-0.39, 0.29) is 24.4 Å². The second-order valence-corrected chi connectivity index (χ2v) is 5.79. The number of hydrogen-bond donors (Lipinski definition) is 2. The van der Waals surface area contributed by atoms with Crippen molar-refractivity contribution in [3.63, 3.8) is 0 Å². The summed E-state index contributed by atoms with van der Waals surface area (Å²) in [7, 11) is 0. The van der Waals surface area contributed by atoms with Crippen molar-refractivity contribution < 1.29 is 19.2 Å². The number of imide groups is 2. The molecule has 0 aromatic carbocycles. The summed E-state index contributed by atoms with van der Waals surface area (Å²) in [6.07, 6.45) is 0.337. The summed E-state index contributed by atoms with van der Waals surface area (Å²) < 4.78 is 0. The van der Waals surface area contributed by atoms with Crippen LogP contribution in [-0.4, -0.2) is 40.7 Å². The first-order valence-corrected chi connectivity index (χ1v) is 6.63. The van der Waals surface area contributed by atoms with Gasteiger partial charge in [-0.2, -0.15) is 0 Å². The third-order valence-corrected chi connectivity index (χ3v) is 2.84. The highest BCUT2D eigenvalue weighted by atomic mass is 16.2. The highest BCUT2D eigenvalue weighted by molar-refractivity contribution is 6.16. The Balaban J connectivity index is 2.62. The first-order chi connectivity index (χ1) is 9.15. The second-order valence-electron chi connectivity index (χ2n) is 5.79. The summed E-state index contributed by atoms with van der Waals surface area (Å²) in [6, 6.07) is -0.756. The molecule has 1 unspecified atom stereocenters. The molecule has 5 amide bonds. The molecule has 7 heteroatoms. The van der Waals surface area contributed by atoms with Crippen LogP contribution < -0.4 is 10.6 Å². The zero-order valence-corrected chi connectivity index (χ0v) is 12.3. The zero-order valence-electron chi connectivity index (χ0n) is 12.3. The van der Waals surface area contributed by atoms with Gasteiger partial charge in [0.25, 0.3) is 0 Å². The summed E-state index contributed by atoms with van der Waals surface area (Å²) in [5, 5.41) is 4.88. The number of nitrogens with one attached hydrogen (secondary N) is 2. The number of amides is 5. The van der Waals surface area contributed by atoms with Crippen molar-refractivity contribution in [2.75, 3.05) is 6.54 Å². The van der Waals surface area contributed by atoms with E-state index in [0.29, 0.717) is 6.42 Å². The largest absolute Gasteiger partial charge is 0.351 e. The van der Waals surface area contributed by atoms with E-state index in [2.05, 4.69) is 10.6 Å². The van der Waals surface area contributed by atoms with Crippen LogP contribution in [0.3, 0.4) is 0 Å². The second kappa shape index (κ2) is 6.02. The van der Waals surface area contributed by atoms with Gasteiger partial charge in [0, 0.05) is 18.5 Å². The predicted molar refractivity (Wildman–Crippen MR) is 71.5 cm³/mol. The number of rotatable bonds is 4. The van der Waals surface area contributed by atoms with Crippen LogP contribution in [0.15, 0.2) is 0 Å². The summed E-state index contributed by atoms with van der Waals surface area (Å²) >= 11 is 0. The fraction of sp³-hybridized carbons (Fsp3) is 0.692. The van der Waals surface area contributed by atoms with Crippen molar-refractivity contribution in [3.05, 3.63) is 0 Å². The van der Waals surface area contributed by atoms with Crippen molar-refractivity contribution in [1.82, 2.24) is 15.5 Å². The van der Waals surface area contributed by atoms with Crippen LogP contribution in [0.1, 0.15) is 40.5 Å². The van der Waals surface area contributed by atoms with Gasteiger partial charge in [-0.1, -0.05) is 6.92 Å². The van der Waals surface area contributed by atoms with Gasteiger partial charge >= 0.3 is 6.03 Å². The summed E-state index contributed by atoms with van der Waals surface area (Å²) in [4.78, 5) is 47.7. The molecule has 7 nitrogen and oxygen atoms in total. The molecule has 1 rings (SSSR count). The number of hydrogen-bond acceptors (Lipinski definition) is 4. The molecular formula is C13H21N3O4. The van der Waals surface area contributed by atoms with Crippen LogP contribution in [0.4, 0.5) is 4.79 Å². The molecule has 0 spiro atoms. The Morgan fingerprint density at radius 2 is 1.90 bits per heavy atom. The van der Waals surface area contributed by atoms with E-state index in [9.17, 15) is 19.2 Å². The molecule has 0 aromatic rings. The van der Waals surface area contributed by atoms with Crippen LogP contribution in [0.25, 0.3) is 0 Å². The first-order valence-electron chi connectivity index (χ1n) is 6.63. The molecule has 0 aliphatic carbocycles. The molecule has 1 fully saturated rings. The van der Waals surface area contributed by atoms with Crippen LogP contribution in [0.5, 0.6) is 0 Å². The lowest BCUT2D eigenvalue weighted by Crippen LogP contribution is -2.58. The SMILES string of the molecule is CCC1C(=O)NC(=O)N(CCC(=O)NC(C)(C)C)C1=O. The van der Waals surface area contributed by atoms with E-state index in [4.69, 9.17) is 0 Å². The predicted octanol–water partition coefficient (Wildman–Crippen LogP) is 0.396. The smallest absolute Gasteiger partial charge is 0.330 e. The number of carbonyl (C=O) groups excluding carboxylic acids is 4. The third-order valence-electron chi connectivity index (χ3n) is 2.84. The van der Waals surface area contributed by atoms with Gasteiger partial charge in [-0.15, -0.1) is 0 Å². The Hall–Kier alpha value is -1.92. The minimum Gasteiger partial charge on any atom is -0.351 e. The normalized spacial score (nSPS) is 19.9. The van der Waals surface area contributed by atoms with Crippen LogP contribution in [-0.2, 0) is 14.4 Å².